The van der Waals surface area contributed by atoms with Gasteiger partial charge in [0.05, 0.1) is 35.1 Å². The lowest BCUT2D eigenvalue weighted by molar-refractivity contribution is -0.172. The van der Waals surface area contributed by atoms with Crippen molar-refractivity contribution in [1.29, 1.82) is 0 Å². The number of aromatic nitrogens is 2. The Balaban J connectivity index is 1.72. The topological polar surface area (TPSA) is 93.9 Å². The van der Waals surface area contributed by atoms with Crippen LogP contribution in [0.15, 0.2) is 29.1 Å². The van der Waals surface area contributed by atoms with Gasteiger partial charge in [0, 0.05) is 28.6 Å². The van der Waals surface area contributed by atoms with Crippen LogP contribution in [-0.4, -0.2) is 45.7 Å². The minimum atomic E-state index is -1.83. The molecule has 1 aromatic carbocycles. The molecule has 8 heteroatoms. The summed E-state index contributed by atoms with van der Waals surface area (Å²) >= 11 is 0. The van der Waals surface area contributed by atoms with Crippen LogP contribution in [-0.2, 0) is 34.8 Å². The van der Waals surface area contributed by atoms with E-state index in [-0.39, 0.29) is 24.7 Å². The van der Waals surface area contributed by atoms with Crippen LogP contribution in [0.1, 0.15) is 49.4 Å². The highest BCUT2D eigenvalue weighted by molar-refractivity contribution is 5.89. The molecular formula is C26H29N3O5. The molecule has 34 heavy (non-hydrogen) atoms. The lowest BCUT2D eigenvalue weighted by atomic mass is 9.86. The summed E-state index contributed by atoms with van der Waals surface area (Å²) in [7, 11) is 4.02. The molecule has 2 aliphatic rings. The maximum absolute atomic E-state index is 13.4. The van der Waals surface area contributed by atoms with Gasteiger partial charge in [0.25, 0.3) is 5.56 Å². The Morgan fingerprint density at radius 2 is 2.03 bits per heavy atom. The molecule has 5 rings (SSSR count). The van der Waals surface area contributed by atoms with Gasteiger partial charge in [0.15, 0.2) is 5.60 Å². The molecule has 0 aliphatic carbocycles. The first-order valence-electron chi connectivity index (χ1n) is 11.6. The lowest BCUT2D eigenvalue weighted by Gasteiger charge is -2.31. The van der Waals surface area contributed by atoms with Crippen LogP contribution in [0.5, 0.6) is 5.75 Å². The highest BCUT2D eigenvalue weighted by Crippen LogP contribution is 2.40. The average Bonchev–Trinajstić information content (AvgIpc) is 3.14. The van der Waals surface area contributed by atoms with Crippen molar-refractivity contribution < 1.29 is 19.4 Å². The molecule has 0 spiro atoms. The van der Waals surface area contributed by atoms with Crippen molar-refractivity contribution in [2.45, 2.75) is 58.6 Å². The van der Waals surface area contributed by atoms with E-state index in [2.05, 4.69) is 11.0 Å². The van der Waals surface area contributed by atoms with Crippen molar-refractivity contribution in [1.82, 2.24) is 14.5 Å². The molecular weight excluding hydrogens is 434 g/mol. The predicted octanol–water partition coefficient (Wildman–Crippen LogP) is 2.93. The van der Waals surface area contributed by atoms with E-state index < -0.39 is 11.6 Å². The van der Waals surface area contributed by atoms with Gasteiger partial charge in [0.2, 0.25) is 0 Å². The number of pyridine rings is 2. The second kappa shape index (κ2) is 7.92. The molecule has 0 amide bonds. The Hall–Kier alpha value is -3.23. The number of ether oxygens (including phenoxy) is 2. The Morgan fingerprint density at radius 1 is 1.26 bits per heavy atom. The molecule has 0 fully saturated rings. The van der Waals surface area contributed by atoms with Crippen LogP contribution >= 0.6 is 0 Å². The summed E-state index contributed by atoms with van der Waals surface area (Å²) in [6.45, 7) is 6.62. The third-order valence-electron chi connectivity index (χ3n) is 6.60. The van der Waals surface area contributed by atoms with E-state index in [9.17, 15) is 14.7 Å². The van der Waals surface area contributed by atoms with E-state index in [1.54, 1.807) is 17.6 Å². The standard InChI is InChI=1S/C26H29N3O5/c1-6-26(32)19-10-21-23-15(11-29(21)24(30)18(19)13-33-25(26)31)9-16-17(12-28(4)5)22(34-14(2)3)8-7-20(16)27-23/h7-10,14,32H,6,11-13H2,1-5H3. The number of benzene rings is 1. The molecule has 2 aliphatic heterocycles. The number of hydrogen-bond donors (Lipinski definition) is 1. The Kier molecular flexibility index (Phi) is 5.26. The molecule has 0 bridgehead atoms. The molecule has 0 saturated carbocycles. The molecule has 178 valence electrons. The number of hydrogen-bond acceptors (Lipinski definition) is 7. The lowest BCUT2D eigenvalue weighted by Crippen LogP contribution is -2.44. The molecule has 8 nitrogen and oxygen atoms in total. The van der Waals surface area contributed by atoms with E-state index in [1.807, 2.05) is 40.1 Å². The number of esters is 1. The van der Waals surface area contributed by atoms with Gasteiger partial charge in [-0.3, -0.25) is 4.79 Å². The normalized spacial score (nSPS) is 18.8. The van der Waals surface area contributed by atoms with Gasteiger partial charge in [-0.05, 0) is 58.6 Å². The number of rotatable bonds is 5. The zero-order chi connectivity index (χ0) is 24.4. The quantitative estimate of drug-likeness (QED) is 0.455. The van der Waals surface area contributed by atoms with Crippen LogP contribution in [0.25, 0.3) is 22.3 Å². The van der Waals surface area contributed by atoms with Crippen molar-refractivity contribution in [3.05, 3.63) is 56.9 Å². The Bertz CT molecular complexity index is 1390. The first kappa shape index (κ1) is 22.6. The zero-order valence-electron chi connectivity index (χ0n) is 20.1. The van der Waals surface area contributed by atoms with Crippen molar-refractivity contribution in [2.24, 2.45) is 0 Å². The SMILES string of the molecule is CCC1(O)C(=O)OCc2c1cc1n(c2=O)Cc2cc3c(CN(C)C)c(OC(C)C)ccc3nc2-1. The number of fused-ring (bicyclic) bond motifs is 5. The zero-order valence-corrected chi connectivity index (χ0v) is 20.1. The van der Waals surface area contributed by atoms with Gasteiger partial charge in [-0.2, -0.15) is 0 Å². The molecule has 3 aromatic rings. The maximum atomic E-state index is 13.4. The van der Waals surface area contributed by atoms with Gasteiger partial charge >= 0.3 is 5.97 Å². The van der Waals surface area contributed by atoms with Gasteiger partial charge in [-0.15, -0.1) is 0 Å². The third kappa shape index (κ3) is 3.32. The first-order chi connectivity index (χ1) is 16.1. The number of carbonyl (C=O) groups is 1. The maximum Gasteiger partial charge on any atom is 0.343 e. The molecule has 1 atom stereocenters. The molecule has 0 saturated heterocycles. The summed E-state index contributed by atoms with van der Waals surface area (Å²) in [5.41, 5.74) is 2.63. The van der Waals surface area contributed by atoms with Crippen LogP contribution in [0.4, 0.5) is 0 Å². The summed E-state index contributed by atoms with van der Waals surface area (Å²) in [5, 5.41) is 12.0. The van der Waals surface area contributed by atoms with E-state index >= 15 is 0 Å². The Labute approximate surface area is 197 Å². The third-order valence-corrected chi connectivity index (χ3v) is 6.60. The number of aliphatic hydroxyl groups is 1. The highest BCUT2D eigenvalue weighted by atomic mass is 16.6. The summed E-state index contributed by atoms with van der Waals surface area (Å²) in [5.74, 6) is 0.104. The molecule has 4 heterocycles. The molecule has 2 aromatic heterocycles. The number of cyclic esters (lactones) is 1. The highest BCUT2D eigenvalue weighted by Gasteiger charge is 2.45. The fourth-order valence-electron chi connectivity index (χ4n) is 4.93. The van der Waals surface area contributed by atoms with Crippen molar-refractivity contribution in [3.8, 4) is 17.1 Å². The Morgan fingerprint density at radius 3 is 2.71 bits per heavy atom. The summed E-state index contributed by atoms with van der Waals surface area (Å²) in [6, 6.07) is 7.71. The summed E-state index contributed by atoms with van der Waals surface area (Å²) in [6.07, 6.45) is 0.156. The molecule has 1 N–H and O–H groups in total. The largest absolute Gasteiger partial charge is 0.491 e. The van der Waals surface area contributed by atoms with E-state index in [0.29, 0.717) is 35.6 Å². The number of nitrogens with zero attached hydrogens (tertiary/aromatic N) is 3. The van der Waals surface area contributed by atoms with E-state index in [4.69, 9.17) is 14.5 Å². The molecule has 1 unspecified atom stereocenters. The van der Waals surface area contributed by atoms with Gasteiger partial charge in [-0.25, -0.2) is 9.78 Å². The average molecular weight is 464 g/mol. The number of carbonyl (C=O) groups excluding carboxylic acids is 1. The molecule has 0 radical (unpaired) electrons. The van der Waals surface area contributed by atoms with Crippen molar-refractivity contribution in [2.75, 3.05) is 14.1 Å². The minimum absolute atomic E-state index is 0.0390. The predicted molar refractivity (Wildman–Crippen MR) is 128 cm³/mol. The first-order valence-corrected chi connectivity index (χ1v) is 11.6. The summed E-state index contributed by atoms with van der Waals surface area (Å²) in [4.78, 5) is 32.8. The second-order valence-corrected chi connectivity index (χ2v) is 9.61. The van der Waals surface area contributed by atoms with Gasteiger partial charge < -0.3 is 24.0 Å². The smallest absolute Gasteiger partial charge is 0.343 e. The van der Waals surface area contributed by atoms with Crippen LogP contribution in [0, 0.1) is 0 Å². The fourth-order valence-corrected chi connectivity index (χ4v) is 4.93. The fraction of sp³-hybridized carbons (Fsp3) is 0.423. The van der Waals surface area contributed by atoms with Crippen LogP contribution in [0.2, 0.25) is 0 Å². The van der Waals surface area contributed by atoms with Gasteiger partial charge in [-0.1, -0.05) is 6.92 Å². The van der Waals surface area contributed by atoms with Crippen molar-refractivity contribution in [3.63, 3.8) is 0 Å². The minimum Gasteiger partial charge on any atom is -0.491 e. The summed E-state index contributed by atoms with van der Waals surface area (Å²) < 4.78 is 12.9. The monoisotopic (exact) mass is 463 g/mol. The second-order valence-electron chi connectivity index (χ2n) is 9.61. The van der Waals surface area contributed by atoms with Crippen LogP contribution in [0.3, 0.4) is 0 Å². The van der Waals surface area contributed by atoms with E-state index in [0.717, 1.165) is 27.8 Å². The van der Waals surface area contributed by atoms with Crippen LogP contribution < -0.4 is 10.3 Å². The van der Waals surface area contributed by atoms with Gasteiger partial charge in [0.1, 0.15) is 12.4 Å². The van der Waals surface area contributed by atoms with Crippen molar-refractivity contribution >= 4 is 16.9 Å². The van der Waals surface area contributed by atoms with E-state index in [1.165, 1.54) is 0 Å².